The minimum atomic E-state index is 0.761. The van der Waals surface area contributed by atoms with Crippen LogP contribution in [-0.2, 0) is 0 Å². The van der Waals surface area contributed by atoms with E-state index in [9.17, 15) is 4.79 Å². The molecule has 0 unspecified atom stereocenters. The van der Waals surface area contributed by atoms with Crippen LogP contribution in [0.2, 0.25) is 0 Å². The average molecular weight is 196 g/mol. The quantitative estimate of drug-likeness (QED) is 0.672. The van der Waals surface area contributed by atoms with E-state index in [1.165, 1.54) is 0 Å². The van der Waals surface area contributed by atoms with Crippen LogP contribution in [0.25, 0.3) is 11.1 Å². The molecular weight excluding hydrogens is 184 g/mol. The molecule has 0 saturated carbocycles. The van der Waals surface area contributed by atoms with Crippen LogP contribution in [0.15, 0.2) is 48.5 Å². The summed E-state index contributed by atoms with van der Waals surface area (Å²) in [7, 11) is 0. The van der Waals surface area contributed by atoms with Crippen LogP contribution in [0.3, 0.4) is 0 Å². The van der Waals surface area contributed by atoms with Crippen molar-refractivity contribution in [2.45, 2.75) is 6.92 Å². The zero-order chi connectivity index (χ0) is 10.7. The lowest BCUT2D eigenvalue weighted by molar-refractivity contribution is 0.112. The highest BCUT2D eigenvalue weighted by atomic mass is 16.1. The van der Waals surface area contributed by atoms with E-state index >= 15 is 0 Å². The molecule has 0 heterocycles. The van der Waals surface area contributed by atoms with Gasteiger partial charge in [-0.05, 0) is 23.6 Å². The molecule has 0 bridgehead atoms. The molecule has 2 aromatic rings. The zero-order valence-corrected chi connectivity index (χ0v) is 8.60. The Morgan fingerprint density at radius 2 is 1.67 bits per heavy atom. The lowest BCUT2D eigenvalue weighted by atomic mass is 9.97. The van der Waals surface area contributed by atoms with Crippen molar-refractivity contribution in [3.05, 3.63) is 59.7 Å². The van der Waals surface area contributed by atoms with Crippen molar-refractivity contribution >= 4 is 6.29 Å². The number of carbonyl (C=O) groups excluding carboxylic acids is 1. The fourth-order valence-corrected chi connectivity index (χ4v) is 1.71. The molecule has 0 radical (unpaired) electrons. The SMILES string of the molecule is Cc1c(C=O)cccc1-c1ccccc1. The van der Waals surface area contributed by atoms with E-state index in [1.54, 1.807) is 0 Å². The Balaban J connectivity index is 2.59. The summed E-state index contributed by atoms with van der Waals surface area (Å²) in [5.41, 5.74) is 4.08. The lowest BCUT2D eigenvalue weighted by Crippen LogP contribution is -1.89. The molecule has 2 aromatic carbocycles. The molecule has 0 spiro atoms. The fourth-order valence-electron chi connectivity index (χ4n) is 1.71. The van der Waals surface area contributed by atoms with Crippen LogP contribution in [0.4, 0.5) is 0 Å². The average Bonchev–Trinajstić information content (AvgIpc) is 2.30. The Bertz CT molecular complexity index is 472. The second-order valence-corrected chi connectivity index (χ2v) is 3.50. The lowest BCUT2D eigenvalue weighted by Gasteiger charge is -2.07. The summed E-state index contributed by atoms with van der Waals surface area (Å²) >= 11 is 0. The van der Waals surface area contributed by atoms with E-state index in [0.29, 0.717) is 0 Å². The number of carbonyl (C=O) groups is 1. The number of hydrogen-bond donors (Lipinski definition) is 0. The van der Waals surface area contributed by atoms with Gasteiger partial charge in [0.05, 0.1) is 0 Å². The molecule has 0 aliphatic rings. The van der Waals surface area contributed by atoms with Gasteiger partial charge in [-0.15, -0.1) is 0 Å². The third kappa shape index (κ3) is 1.82. The van der Waals surface area contributed by atoms with Crippen LogP contribution in [0, 0.1) is 6.92 Å². The van der Waals surface area contributed by atoms with E-state index in [4.69, 9.17) is 0 Å². The van der Waals surface area contributed by atoms with Gasteiger partial charge in [0.25, 0.3) is 0 Å². The van der Waals surface area contributed by atoms with E-state index in [1.807, 2.05) is 43.3 Å². The van der Waals surface area contributed by atoms with Gasteiger partial charge in [-0.25, -0.2) is 0 Å². The maximum Gasteiger partial charge on any atom is 0.150 e. The first-order valence-electron chi connectivity index (χ1n) is 4.93. The molecular formula is C14H12O. The molecule has 0 aliphatic carbocycles. The largest absolute Gasteiger partial charge is 0.298 e. The Labute approximate surface area is 89.4 Å². The summed E-state index contributed by atoms with van der Waals surface area (Å²) in [6.45, 7) is 1.98. The standard InChI is InChI=1S/C14H12O/c1-11-13(10-15)8-5-9-14(11)12-6-3-2-4-7-12/h2-10H,1H3. The van der Waals surface area contributed by atoms with E-state index in [0.717, 1.165) is 28.5 Å². The van der Waals surface area contributed by atoms with Gasteiger partial charge in [0.2, 0.25) is 0 Å². The second kappa shape index (κ2) is 4.09. The normalized spacial score (nSPS) is 9.93. The van der Waals surface area contributed by atoms with Gasteiger partial charge in [-0.2, -0.15) is 0 Å². The first-order chi connectivity index (χ1) is 7.33. The van der Waals surface area contributed by atoms with E-state index in [2.05, 4.69) is 12.1 Å². The monoisotopic (exact) mass is 196 g/mol. The van der Waals surface area contributed by atoms with Gasteiger partial charge < -0.3 is 0 Å². The number of benzene rings is 2. The van der Waals surface area contributed by atoms with Crippen LogP contribution in [0.5, 0.6) is 0 Å². The number of hydrogen-bond acceptors (Lipinski definition) is 1. The minimum Gasteiger partial charge on any atom is -0.298 e. The molecule has 1 nitrogen and oxygen atoms in total. The van der Waals surface area contributed by atoms with Gasteiger partial charge >= 0.3 is 0 Å². The third-order valence-corrected chi connectivity index (χ3v) is 2.59. The molecule has 0 aliphatic heterocycles. The van der Waals surface area contributed by atoms with Crippen molar-refractivity contribution in [2.24, 2.45) is 0 Å². The van der Waals surface area contributed by atoms with Crippen LogP contribution in [-0.4, -0.2) is 6.29 Å². The Morgan fingerprint density at radius 3 is 2.33 bits per heavy atom. The smallest absolute Gasteiger partial charge is 0.150 e. The molecule has 0 N–H and O–H groups in total. The van der Waals surface area contributed by atoms with E-state index in [-0.39, 0.29) is 0 Å². The summed E-state index contributed by atoms with van der Waals surface area (Å²) in [6.07, 6.45) is 0.905. The minimum absolute atomic E-state index is 0.761. The van der Waals surface area contributed by atoms with E-state index < -0.39 is 0 Å². The topological polar surface area (TPSA) is 17.1 Å². The fraction of sp³-hybridized carbons (Fsp3) is 0.0714. The van der Waals surface area contributed by atoms with Gasteiger partial charge in [-0.3, -0.25) is 4.79 Å². The molecule has 0 atom stereocenters. The molecule has 1 heteroatoms. The third-order valence-electron chi connectivity index (χ3n) is 2.59. The molecule has 74 valence electrons. The maximum atomic E-state index is 10.8. The summed E-state index contributed by atoms with van der Waals surface area (Å²) in [5, 5.41) is 0. The molecule has 0 saturated heterocycles. The van der Waals surface area contributed by atoms with Crippen molar-refractivity contribution in [2.75, 3.05) is 0 Å². The van der Waals surface area contributed by atoms with Crippen molar-refractivity contribution in [1.29, 1.82) is 0 Å². The van der Waals surface area contributed by atoms with Crippen molar-refractivity contribution < 1.29 is 4.79 Å². The maximum absolute atomic E-state index is 10.8. The van der Waals surface area contributed by atoms with Crippen molar-refractivity contribution in [3.8, 4) is 11.1 Å². The molecule has 0 aromatic heterocycles. The van der Waals surface area contributed by atoms with Gasteiger partial charge in [-0.1, -0.05) is 48.5 Å². The molecule has 0 amide bonds. The van der Waals surface area contributed by atoms with Gasteiger partial charge in [0, 0.05) is 5.56 Å². The number of aldehydes is 1. The predicted molar refractivity (Wildman–Crippen MR) is 62.0 cm³/mol. The highest BCUT2D eigenvalue weighted by Gasteiger charge is 2.04. The molecule has 15 heavy (non-hydrogen) atoms. The Kier molecular flexibility index (Phi) is 2.64. The molecule has 2 rings (SSSR count). The number of rotatable bonds is 2. The van der Waals surface area contributed by atoms with Crippen LogP contribution in [0.1, 0.15) is 15.9 Å². The van der Waals surface area contributed by atoms with Crippen molar-refractivity contribution in [1.82, 2.24) is 0 Å². The van der Waals surface area contributed by atoms with Gasteiger partial charge in [0.15, 0.2) is 0 Å². The highest BCUT2D eigenvalue weighted by Crippen LogP contribution is 2.24. The van der Waals surface area contributed by atoms with Crippen LogP contribution < -0.4 is 0 Å². The summed E-state index contributed by atoms with van der Waals surface area (Å²) < 4.78 is 0. The summed E-state index contributed by atoms with van der Waals surface area (Å²) in [4.78, 5) is 10.8. The first-order valence-corrected chi connectivity index (χ1v) is 4.93. The molecule has 0 fully saturated rings. The van der Waals surface area contributed by atoms with Gasteiger partial charge in [0.1, 0.15) is 6.29 Å². The van der Waals surface area contributed by atoms with Crippen molar-refractivity contribution in [3.63, 3.8) is 0 Å². The Morgan fingerprint density at radius 1 is 0.933 bits per heavy atom. The van der Waals surface area contributed by atoms with Crippen LogP contribution >= 0.6 is 0 Å². The second-order valence-electron chi connectivity index (χ2n) is 3.50. The summed E-state index contributed by atoms with van der Waals surface area (Å²) in [6, 6.07) is 15.9. The Hall–Kier alpha value is -1.89. The summed E-state index contributed by atoms with van der Waals surface area (Å²) in [5.74, 6) is 0. The highest BCUT2D eigenvalue weighted by molar-refractivity contribution is 5.82. The predicted octanol–water partition coefficient (Wildman–Crippen LogP) is 3.47. The first kappa shape index (κ1) is 9.66. The zero-order valence-electron chi connectivity index (χ0n) is 8.60.